The topological polar surface area (TPSA) is 18.5 Å². The lowest BCUT2D eigenvalue weighted by molar-refractivity contribution is -0.415. The van der Waals surface area contributed by atoms with Crippen molar-refractivity contribution < 1.29 is 9.78 Å². The first-order valence-electron chi connectivity index (χ1n) is 8.15. The van der Waals surface area contributed by atoms with Gasteiger partial charge in [-0.3, -0.25) is 0 Å². The van der Waals surface area contributed by atoms with Gasteiger partial charge in [-0.1, -0.05) is 74.5 Å². The Morgan fingerprint density at radius 3 is 1.48 bits per heavy atom. The zero-order chi connectivity index (χ0) is 17.1. The minimum Gasteiger partial charge on any atom is -0.229 e. The molecule has 0 spiro atoms. The fourth-order valence-corrected chi connectivity index (χ4v) is 2.40. The minimum absolute atomic E-state index is 0.193. The molecule has 0 atom stereocenters. The van der Waals surface area contributed by atoms with E-state index in [1.165, 1.54) is 5.56 Å². The Hall–Kier alpha value is -1.64. The molecule has 2 rings (SSSR count). The van der Waals surface area contributed by atoms with Crippen LogP contribution in [-0.4, -0.2) is 5.60 Å². The normalized spacial score (nSPS) is 13.1. The monoisotopic (exact) mass is 312 g/mol. The van der Waals surface area contributed by atoms with Gasteiger partial charge in [0, 0.05) is 5.41 Å². The van der Waals surface area contributed by atoms with E-state index in [-0.39, 0.29) is 5.41 Å². The quantitative estimate of drug-likeness (QED) is 0.508. The first-order chi connectivity index (χ1) is 10.7. The smallest absolute Gasteiger partial charge is 0.123 e. The number of hydrogen-bond acceptors (Lipinski definition) is 2. The second kappa shape index (κ2) is 6.46. The molecule has 0 N–H and O–H groups in total. The first-order valence-corrected chi connectivity index (χ1v) is 8.15. The van der Waals surface area contributed by atoms with Crippen molar-refractivity contribution in [3.8, 4) is 0 Å². The van der Waals surface area contributed by atoms with Gasteiger partial charge in [0.25, 0.3) is 0 Å². The fraction of sp³-hybridized carbons (Fsp3) is 0.429. The molecule has 124 valence electrons. The van der Waals surface area contributed by atoms with Crippen LogP contribution < -0.4 is 0 Å². The molecule has 2 nitrogen and oxygen atoms in total. The third-order valence-electron chi connectivity index (χ3n) is 4.93. The molecule has 2 aromatic carbocycles. The van der Waals surface area contributed by atoms with Gasteiger partial charge in [0.2, 0.25) is 0 Å². The predicted octanol–water partition coefficient (Wildman–Crippen LogP) is 5.63. The number of hydrogen-bond donors (Lipinski definition) is 0. The van der Waals surface area contributed by atoms with Crippen LogP contribution in [0, 0.1) is 0 Å². The lowest BCUT2D eigenvalue weighted by Crippen LogP contribution is -2.46. The molecule has 2 heteroatoms. The van der Waals surface area contributed by atoms with Gasteiger partial charge in [0.05, 0.1) is 0 Å². The Labute approximate surface area is 140 Å². The fourth-order valence-electron chi connectivity index (χ4n) is 2.40. The summed E-state index contributed by atoms with van der Waals surface area (Å²) in [5.74, 6) is 0. The van der Waals surface area contributed by atoms with Crippen molar-refractivity contribution in [3.63, 3.8) is 0 Å². The van der Waals surface area contributed by atoms with Gasteiger partial charge in [-0.15, -0.1) is 0 Å². The third-order valence-corrected chi connectivity index (χ3v) is 4.93. The standard InChI is InChI=1S/C21H28O2/c1-19(2,17-13-9-7-10-14-17)21(5,6)23-22-20(3,4)18-15-11-8-12-16-18/h7-16H,1-6H3. The summed E-state index contributed by atoms with van der Waals surface area (Å²) in [5.41, 5.74) is 1.13. The maximum absolute atomic E-state index is 5.97. The summed E-state index contributed by atoms with van der Waals surface area (Å²) in [6.45, 7) is 12.5. The lowest BCUT2D eigenvalue weighted by atomic mass is 9.72. The maximum Gasteiger partial charge on any atom is 0.123 e. The molecule has 0 aliphatic carbocycles. The van der Waals surface area contributed by atoms with Crippen LogP contribution in [0.3, 0.4) is 0 Å². The summed E-state index contributed by atoms with van der Waals surface area (Å²) in [6.07, 6.45) is 0. The van der Waals surface area contributed by atoms with E-state index < -0.39 is 11.2 Å². The number of benzene rings is 2. The zero-order valence-electron chi connectivity index (χ0n) is 15.1. The van der Waals surface area contributed by atoms with E-state index in [1.807, 2.05) is 38.1 Å². The van der Waals surface area contributed by atoms with Crippen molar-refractivity contribution in [2.45, 2.75) is 58.2 Å². The van der Waals surface area contributed by atoms with Crippen LogP contribution in [0.15, 0.2) is 60.7 Å². The molecule has 0 aliphatic rings. The Balaban J connectivity index is 2.15. The molecule has 2 aromatic rings. The van der Waals surface area contributed by atoms with Crippen LogP contribution in [0.2, 0.25) is 0 Å². The molecule has 0 radical (unpaired) electrons. The molecule has 0 bridgehead atoms. The molecular formula is C21H28O2. The van der Waals surface area contributed by atoms with Crippen molar-refractivity contribution in [1.82, 2.24) is 0 Å². The van der Waals surface area contributed by atoms with Gasteiger partial charge in [-0.2, -0.15) is 0 Å². The van der Waals surface area contributed by atoms with Crippen LogP contribution >= 0.6 is 0 Å². The third kappa shape index (κ3) is 3.82. The van der Waals surface area contributed by atoms with Crippen molar-refractivity contribution in [3.05, 3.63) is 71.8 Å². The molecule has 0 saturated heterocycles. The maximum atomic E-state index is 5.97. The van der Waals surface area contributed by atoms with E-state index >= 15 is 0 Å². The summed E-state index contributed by atoms with van der Waals surface area (Å²) in [6, 6.07) is 20.5. The van der Waals surface area contributed by atoms with Gasteiger partial charge >= 0.3 is 0 Å². The first kappa shape index (κ1) is 17.7. The average Bonchev–Trinajstić information content (AvgIpc) is 2.55. The molecule has 0 unspecified atom stereocenters. The summed E-state index contributed by atoms with van der Waals surface area (Å²) in [4.78, 5) is 11.9. The van der Waals surface area contributed by atoms with Gasteiger partial charge in [0.15, 0.2) is 0 Å². The average molecular weight is 312 g/mol. The highest BCUT2D eigenvalue weighted by Crippen LogP contribution is 2.39. The lowest BCUT2D eigenvalue weighted by Gasteiger charge is -2.42. The van der Waals surface area contributed by atoms with E-state index in [1.54, 1.807) is 0 Å². The van der Waals surface area contributed by atoms with Crippen molar-refractivity contribution in [2.75, 3.05) is 0 Å². The molecule has 0 aromatic heterocycles. The summed E-state index contributed by atoms with van der Waals surface area (Å²) >= 11 is 0. The van der Waals surface area contributed by atoms with Crippen molar-refractivity contribution >= 4 is 0 Å². The zero-order valence-corrected chi connectivity index (χ0v) is 15.1. The summed E-state index contributed by atoms with van der Waals surface area (Å²) < 4.78 is 0. The number of rotatable bonds is 6. The highest BCUT2D eigenvalue weighted by molar-refractivity contribution is 5.27. The second-order valence-corrected chi connectivity index (χ2v) is 7.54. The van der Waals surface area contributed by atoms with Crippen LogP contribution in [0.25, 0.3) is 0 Å². The van der Waals surface area contributed by atoms with Crippen LogP contribution in [0.5, 0.6) is 0 Å². The molecular weight excluding hydrogens is 284 g/mol. The van der Waals surface area contributed by atoms with Gasteiger partial charge < -0.3 is 0 Å². The van der Waals surface area contributed by atoms with E-state index in [4.69, 9.17) is 9.78 Å². The summed E-state index contributed by atoms with van der Waals surface area (Å²) in [7, 11) is 0. The predicted molar refractivity (Wildman–Crippen MR) is 95.2 cm³/mol. The Morgan fingerprint density at radius 2 is 1.00 bits per heavy atom. The molecule has 23 heavy (non-hydrogen) atoms. The largest absolute Gasteiger partial charge is 0.229 e. The van der Waals surface area contributed by atoms with E-state index in [0.29, 0.717) is 0 Å². The van der Waals surface area contributed by atoms with E-state index in [2.05, 4.69) is 64.1 Å². The SMILES string of the molecule is CC(C)(OOC(C)(C)C(C)(C)c1ccccc1)c1ccccc1. The van der Waals surface area contributed by atoms with Gasteiger partial charge in [0.1, 0.15) is 11.2 Å². The summed E-state index contributed by atoms with van der Waals surface area (Å²) in [5, 5.41) is 0. The highest BCUT2D eigenvalue weighted by atomic mass is 17.2. The molecule has 0 saturated carbocycles. The Morgan fingerprint density at radius 1 is 0.565 bits per heavy atom. The van der Waals surface area contributed by atoms with E-state index in [9.17, 15) is 0 Å². The molecule has 0 fully saturated rings. The van der Waals surface area contributed by atoms with Crippen LogP contribution in [-0.2, 0) is 20.8 Å². The minimum atomic E-state index is -0.509. The Bertz CT molecular complexity index is 613. The molecule has 0 amide bonds. The highest BCUT2D eigenvalue weighted by Gasteiger charge is 2.42. The second-order valence-electron chi connectivity index (χ2n) is 7.54. The van der Waals surface area contributed by atoms with Crippen molar-refractivity contribution in [1.29, 1.82) is 0 Å². The van der Waals surface area contributed by atoms with Crippen molar-refractivity contribution in [2.24, 2.45) is 0 Å². The van der Waals surface area contributed by atoms with Gasteiger partial charge in [-0.25, -0.2) is 9.78 Å². The van der Waals surface area contributed by atoms with Crippen LogP contribution in [0.4, 0.5) is 0 Å². The Kier molecular flexibility index (Phi) is 4.98. The van der Waals surface area contributed by atoms with Gasteiger partial charge in [-0.05, 0) is 38.8 Å². The molecule has 0 aliphatic heterocycles. The van der Waals surface area contributed by atoms with Crippen LogP contribution in [0.1, 0.15) is 52.7 Å². The van der Waals surface area contributed by atoms with E-state index in [0.717, 1.165) is 5.56 Å². The molecule has 0 heterocycles.